The van der Waals surface area contributed by atoms with Crippen LogP contribution in [0.5, 0.6) is 0 Å². The lowest BCUT2D eigenvalue weighted by molar-refractivity contribution is -0.119. The lowest BCUT2D eigenvalue weighted by Crippen LogP contribution is -2.34. The molecule has 2 amide bonds. The molecule has 0 fully saturated rings. The van der Waals surface area contributed by atoms with Gasteiger partial charge in [0.25, 0.3) is 0 Å². The van der Waals surface area contributed by atoms with Gasteiger partial charge >= 0.3 is 0 Å². The molecule has 0 spiro atoms. The number of nitrogens with one attached hydrogen (secondary N) is 1. The highest BCUT2D eigenvalue weighted by atomic mass is 16.2. The fourth-order valence-corrected chi connectivity index (χ4v) is 1.20. The van der Waals surface area contributed by atoms with Crippen LogP contribution in [0.15, 0.2) is 25.0 Å². The maximum atomic E-state index is 11.5. The Hall–Kier alpha value is -2.15. The minimum Gasteiger partial charge on any atom is -0.368 e. The number of hydrogen-bond acceptors (Lipinski definition) is 4. The highest BCUT2D eigenvalue weighted by molar-refractivity contribution is 5.94. The van der Waals surface area contributed by atoms with Gasteiger partial charge in [0, 0.05) is 6.20 Å². The summed E-state index contributed by atoms with van der Waals surface area (Å²) in [6, 6.07) is -0.646. The first-order chi connectivity index (χ1) is 8.02. The minimum absolute atomic E-state index is 0.0332. The number of primary amides is 1. The quantitative estimate of drug-likeness (QED) is 0.562. The second-order valence-corrected chi connectivity index (χ2v) is 3.51. The van der Waals surface area contributed by atoms with E-state index in [0.717, 1.165) is 0 Å². The smallest absolute Gasteiger partial charge is 0.241 e. The molecule has 1 unspecified atom stereocenters. The SMILES string of the molecule is C=CCC(N)C(=O)Nc1cnn(CC(N)=O)c1. The van der Waals surface area contributed by atoms with Crippen LogP contribution in [-0.4, -0.2) is 27.6 Å². The van der Waals surface area contributed by atoms with Gasteiger partial charge in [-0.1, -0.05) is 6.08 Å². The second kappa shape index (κ2) is 5.80. The summed E-state index contributed by atoms with van der Waals surface area (Å²) in [7, 11) is 0. The molecular formula is C10H15N5O2. The first-order valence-electron chi connectivity index (χ1n) is 5.01. The maximum Gasteiger partial charge on any atom is 0.241 e. The minimum atomic E-state index is -0.646. The molecule has 7 heteroatoms. The summed E-state index contributed by atoms with van der Waals surface area (Å²) in [6.45, 7) is 3.47. The fraction of sp³-hybridized carbons (Fsp3) is 0.300. The molecule has 0 radical (unpaired) electrons. The van der Waals surface area contributed by atoms with Gasteiger partial charge in [-0.25, -0.2) is 0 Å². The van der Waals surface area contributed by atoms with E-state index in [1.807, 2.05) is 0 Å². The van der Waals surface area contributed by atoms with E-state index in [4.69, 9.17) is 11.5 Å². The Morgan fingerprint density at radius 3 is 2.94 bits per heavy atom. The number of carbonyl (C=O) groups excluding carboxylic acids is 2. The predicted octanol–water partition coefficient (Wildman–Crippen LogP) is -0.790. The Kier molecular flexibility index (Phi) is 4.41. The van der Waals surface area contributed by atoms with E-state index < -0.39 is 11.9 Å². The highest BCUT2D eigenvalue weighted by Crippen LogP contribution is 2.05. The normalized spacial score (nSPS) is 11.8. The number of rotatable bonds is 6. The number of amides is 2. The van der Waals surface area contributed by atoms with Crippen molar-refractivity contribution in [3.05, 3.63) is 25.0 Å². The number of nitrogens with zero attached hydrogens (tertiary/aromatic N) is 2. The summed E-state index contributed by atoms with van der Waals surface area (Å²) in [6.07, 6.45) is 4.88. The molecule has 1 atom stereocenters. The molecule has 0 aliphatic carbocycles. The van der Waals surface area contributed by atoms with Gasteiger partial charge in [-0.15, -0.1) is 6.58 Å². The van der Waals surface area contributed by atoms with E-state index in [2.05, 4.69) is 17.0 Å². The molecule has 0 aromatic carbocycles. The van der Waals surface area contributed by atoms with E-state index in [9.17, 15) is 9.59 Å². The first-order valence-corrected chi connectivity index (χ1v) is 5.01. The molecule has 1 aromatic rings. The van der Waals surface area contributed by atoms with Gasteiger partial charge in [0.15, 0.2) is 0 Å². The molecule has 1 rings (SSSR count). The molecule has 0 aliphatic heterocycles. The van der Waals surface area contributed by atoms with Gasteiger partial charge < -0.3 is 16.8 Å². The van der Waals surface area contributed by atoms with Crippen LogP contribution in [0.3, 0.4) is 0 Å². The Morgan fingerprint density at radius 2 is 2.35 bits per heavy atom. The Balaban J connectivity index is 2.57. The van der Waals surface area contributed by atoms with Crippen molar-refractivity contribution in [2.45, 2.75) is 19.0 Å². The van der Waals surface area contributed by atoms with Gasteiger partial charge in [0.2, 0.25) is 11.8 Å². The van der Waals surface area contributed by atoms with Crippen molar-refractivity contribution in [1.29, 1.82) is 0 Å². The van der Waals surface area contributed by atoms with Crippen LogP contribution < -0.4 is 16.8 Å². The molecular weight excluding hydrogens is 222 g/mol. The fourth-order valence-electron chi connectivity index (χ4n) is 1.20. The zero-order valence-corrected chi connectivity index (χ0v) is 9.30. The van der Waals surface area contributed by atoms with Crippen LogP contribution in [0.2, 0.25) is 0 Å². The summed E-state index contributed by atoms with van der Waals surface area (Å²) in [5.41, 5.74) is 11.1. The number of nitrogens with two attached hydrogens (primary N) is 2. The van der Waals surface area contributed by atoms with Gasteiger partial charge in [0.1, 0.15) is 6.54 Å². The lowest BCUT2D eigenvalue weighted by Gasteiger charge is -2.07. The van der Waals surface area contributed by atoms with E-state index in [-0.39, 0.29) is 12.5 Å². The average molecular weight is 237 g/mol. The van der Waals surface area contributed by atoms with Crippen LogP contribution in [0, 0.1) is 0 Å². The molecule has 1 heterocycles. The van der Waals surface area contributed by atoms with Gasteiger partial charge in [-0.3, -0.25) is 14.3 Å². The summed E-state index contributed by atoms with van der Waals surface area (Å²) in [4.78, 5) is 22.2. The summed E-state index contributed by atoms with van der Waals surface area (Å²) in [5, 5.41) is 6.43. The van der Waals surface area contributed by atoms with Gasteiger partial charge in [-0.05, 0) is 6.42 Å². The van der Waals surface area contributed by atoms with Crippen molar-refractivity contribution in [2.24, 2.45) is 11.5 Å². The lowest BCUT2D eigenvalue weighted by atomic mass is 10.2. The topological polar surface area (TPSA) is 116 Å². The third-order valence-electron chi connectivity index (χ3n) is 1.98. The molecule has 5 N–H and O–H groups in total. The van der Waals surface area contributed by atoms with Crippen molar-refractivity contribution in [3.63, 3.8) is 0 Å². The molecule has 0 aliphatic rings. The van der Waals surface area contributed by atoms with Crippen molar-refractivity contribution in [1.82, 2.24) is 9.78 Å². The zero-order valence-electron chi connectivity index (χ0n) is 9.30. The van der Waals surface area contributed by atoms with Crippen LogP contribution in [0.1, 0.15) is 6.42 Å². The van der Waals surface area contributed by atoms with E-state index in [1.54, 1.807) is 6.08 Å². The predicted molar refractivity (Wildman–Crippen MR) is 62.8 cm³/mol. The summed E-state index contributed by atoms with van der Waals surface area (Å²) in [5.74, 6) is -0.835. The molecule has 7 nitrogen and oxygen atoms in total. The third kappa shape index (κ3) is 4.07. The second-order valence-electron chi connectivity index (χ2n) is 3.51. The number of anilines is 1. The van der Waals surface area contributed by atoms with Crippen molar-refractivity contribution in [3.8, 4) is 0 Å². The summed E-state index contributed by atoms with van der Waals surface area (Å²) < 4.78 is 1.33. The largest absolute Gasteiger partial charge is 0.368 e. The highest BCUT2D eigenvalue weighted by Gasteiger charge is 2.12. The molecule has 0 bridgehead atoms. The number of aromatic nitrogens is 2. The molecule has 1 aromatic heterocycles. The number of carbonyl (C=O) groups is 2. The van der Waals surface area contributed by atoms with E-state index in [1.165, 1.54) is 17.1 Å². The Morgan fingerprint density at radius 1 is 1.65 bits per heavy atom. The Bertz CT molecular complexity index is 426. The van der Waals surface area contributed by atoms with Crippen molar-refractivity contribution in [2.75, 3.05) is 5.32 Å². The average Bonchev–Trinajstić information content (AvgIpc) is 2.64. The van der Waals surface area contributed by atoms with Crippen LogP contribution >= 0.6 is 0 Å². The zero-order chi connectivity index (χ0) is 12.8. The van der Waals surface area contributed by atoms with Crippen LogP contribution in [-0.2, 0) is 16.1 Å². The van der Waals surface area contributed by atoms with Gasteiger partial charge in [0.05, 0.1) is 17.9 Å². The number of hydrogen-bond donors (Lipinski definition) is 3. The van der Waals surface area contributed by atoms with Crippen LogP contribution in [0.25, 0.3) is 0 Å². The van der Waals surface area contributed by atoms with Crippen molar-refractivity contribution < 1.29 is 9.59 Å². The third-order valence-corrected chi connectivity index (χ3v) is 1.98. The first kappa shape index (κ1) is 12.9. The van der Waals surface area contributed by atoms with Crippen LogP contribution in [0.4, 0.5) is 5.69 Å². The monoisotopic (exact) mass is 237 g/mol. The summed E-state index contributed by atoms with van der Waals surface area (Å²) >= 11 is 0. The Labute approximate surface area is 98.5 Å². The van der Waals surface area contributed by atoms with E-state index in [0.29, 0.717) is 12.1 Å². The molecule has 0 saturated heterocycles. The van der Waals surface area contributed by atoms with Gasteiger partial charge in [-0.2, -0.15) is 5.10 Å². The molecule has 17 heavy (non-hydrogen) atoms. The van der Waals surface area contributed by atoms with E-state index >= 15 is 0 Å². The molecule has 0 saturated carbocycles. The maximum absolute atomic E-state index is 11.5. The molecule has 92 valence electrons. The van der Waals surface area contributed by atoms with Crippen molar-refractivity contribution >= 4 is 17.5 Å². The standard InChI is InChI=1S/C10H15N5O2/c1-2-3-8(11)10(17)14-7-4-13-15(5-7)6-9(12)16/h2,4-5,8H,1,3,6,11H2,(H2,12,16)(H,14,17).